The summed E-state index contributed by atoms with van der Waals surface area (Å²) in [5.74, 6) is 0.828. The molecule has 1 aliphatic rings. The Kier molecular flexibility index (Phi) is 4.54. The number of nitrogens with one attached hydrogen (secondary N) is 1. The first-order chi connectivity index (χ1) is 8.40. The predicted octanol–water partition coefficient (Wildman–Crippen LogP) is 2.07. The van der Waals surface area contributed by atoms with Crippen LogP contribution < -0.4 is 5.32 Å². The monoisotopic (exact) mass is 230 g/mol. The van der Waals surface area contributed by atoms with Gasteiger partial charge in [-0.1, -0.05) is 18.2 Å². The lowest BCUT2D eigenvalue weighted by atomic mass is 10.1. The van der Waals surface area contributed by atoms with Gasteiger partial charge in [-0.15, -0.1) is 0 Å². The molecule has 1 N–H and O–H groups in total. The Labute approximate surface area is 102 Å². The number of rotatable bonds is 7. The molecule has 0 heterocycles. The van der Waals surface area contributed by atoms with Crippen LogP contribution >= 0.6 is 0 Å². The summed E-state index contributed by atoms with van der Waals surface area (Å²) in [5.41, 5.74) is 1.80. The summed E-state index contributed by atoms with van der Waals surface area (Å²) in [6, 6.07) is 9.88. The van der Waals surface area contributed by atoms with Gasteiger partial charge in [0.15, 0.2) is 0 Å². The molecule has 0 aromatic heterocycles. The molecule has 0 radical (unpaired) electrons. The average Bonchev–Trinajstić information content (AvgIpc) is 3.18. The molecular weight excluding hydrogens is 212 g/mol. The van der Waals surface area contributed by atoms with E-state index in [1.54, 1.807) is 0 Å². The number of benzene rings is 1. The van der Waals surface area contributed by atoms with Crippen molar-refractivity contribution in [3.8, 4) is 6.07 Å². The Morgan fingerprint density at radius 2 is 2.18 bits per heavy atom. The maximum Gasteiger partial charge on any atom is 0.0995 e. The molecular formula is C14H18N2O. The van der Waals surface area contributed by atoms with Crippen molar-refractivity contribution in [3.63, 3.8) is 0 Å². The molecule has 90 valence electrons. The fraction of sp³-hybridized carbons (Fsp3) is 0.500. The van der Waals surface area contributed by atoms with Crippen molar-refractivity contribution in [2.45, 2.75) is 19.4 Å². The zero-order valence-corrected chi connectivity index (χ0v) is 9.98. The van der Waals surface area contributed by atoms with Gasteiger partial charge in [0.2, 0.25) is 0 Å². The Morgan fingerprint density at radius 3 is 2.94 bits per heavy atom. The van der Waals surface area contributed by atoms with Crippen LogP contribution in [-0.2, 0) is 11.3 Å². The Balaban J connectivity index is 1.61. The van der Waals surface area contributed by atoms with Gasteiger partial charge in [0, 0.05) is 19.7 Å². The molecule has 0 atom stereocenters. The van der Waals surface area contributed by atoms with Gasteiger partial charge in [-0.2, -0.15) is 5.26 Å². The second-order valence-corrected chi connectivity index (χ2v) is 4.46. The molecule has 0 amide bonds. The van der Waals surface area contributed by atoms with Gasteiger partial charge in [0.25, 0.3) is 0 Å². The van der Waals surface area contributed by atoms with Crippen LogP contribution in [0, 0.1) is 17.2 Å². The Morgan fingerprint density at radius 1 is 1.35 bits per heavy atom. The molecule has 0 bridgehead atoms. The molecule has 1 aromatic rings. The van der Waals surface area contributed by atoms with Crippen LogP contribution in [0.2, 0.25) is 0 Å². The molecule has 1 fully saturated rings. The average molecular weight is 230 g/mol. The summed E-state index contributed by atoms with van der Waals surface area (Å²) in [7, 11) is 0. The molecule has 0 unspecified atom stereocenters. The molecule has 1 aromatic carbocycles. The van der Waals surface area contributed by atoms with Gasteiger partial charge in [0.1, 0.15) is 0 Å². The predicted molar refractivity (Wildman–Crippen MR) is 66.4 cm³/mol. The van der Waals surface area contributed by atoms with Crippen LogP contribution in [0.5, 0.6) is 0 Å². The molecule has 0 spiro atoms. The van der Waals surface area contributed by atoms with Crippen molar-refractivity contribution >= 4 is 0 Å². The summed E-state index contributed by atoms with van der Waals surface area (Å²) in [6.07, 6.45) is 2.67. The summed E-state index contributed by atoms with van der Waals surface area (Å²) < 4.78 is 5.52. The van der Waals surface area contributed by atoms with E-state index in [1.165, 1.54) is 12.8 Å². The zero-order chi connectivity index (χ0) is 11.9. The van der Waals surface area contributed by atoms with Gasteiger partial charge in [-0.3, -0.25) is 0 Å². The lowest BCUT2D eigenvalue weighted by Gasteiger charge is -2.07. The molecule has 0 saturated heterocycles. The van der Waals surface area contributed by atoms with Crippen molar-refractivity contribution in [1.29, 1.82) is 5.26 Å². The summed E-state index contributed by atoms with van der Waals surface area (Å²) in [4.78, 5) is 0. The van der Waals surface area contributed by atoms with Gasteiger partial charge < -0.3 is 10.1 Å². The van der Waals surface area contributed by atoms with Crippen LogP contribution in [0.3, 0.4) is 0 Å². The van der Waals surface area contributed by atoms with Crippen LogP contribution in [0.15, 0.2) is 24.3 Å². The fourth-order valence-electron chi connectivity index (χ4n) is 1.69. The molecule has 0 aliphatic heterocycles. The van der Waals surface area contributed by atoms with E-state index in [0.29, 0.717) is 0 Å². The van der Waals surface area contributed by atoms with E-state index in [1.807, 2.05) is 24.3 Å². The highest BCUT2D eigenvalue weighted by atomic mass is 16.5. The largest absolute Gasteiger partial charge is 0.380 e. The van der Waals surface area contributed by atoms with E-state index < -0.39 is 0 Å². The molecule has 1 aliphatic carbocycles. The molecule has 3 heteroatoms. The topological polar surface area (TPSA) is 45.0 Å². The summed E-state index contributed by atoms with van der Waals surface area (Å²) in [5, 5.41) is 12.2. The first-order valence-corrected chi connectivity index (χ1v) is 6.16. The molecule has 2 rings (SSSR count). The van der Waals surface area contributed by atoms with Crippen LogP contribution in [0.1, 0.15) is 24.0 Å². The third kappa shape index (κ3) is 4.18. The van der Waals surface area contributed by atoms with E-state index in [9.17, 15) is 0 Å². The number of nitrogens with zero attached hydrogens (tertiary/aromatic N) is 1. The first kappa shape index (κ1) is 12.1. The Hall–Kier alpha value is -1.37. The van der Waals surface area contributed by atoms with Gasteiger partial charge in [-0.25, -0.2) is 0 Å². The summed E-state index contributed by atoms with van der Waals surface area (Å²) >= 11 is 0. The van der Waals surface area contributed by atoms with E-state index >= 15 is 0 Å². The minimum Gasteiger partial charge on any atom is -0.380 e. The van der Waals surface area contributed by atoms with Crippen molar-refractivity contribution < 1.29 is 4.74 Å². The second kappa shape index (κ2) is 6.39. The van der Waals surface area contributed by atoms with E-state index in [-0.39, 0.29) is 0 Å². The maximum absolute atomic E-state index is 8.92. The third-order valence-electron chi connectivity index (χ3n) is 2.93. The third-order valence-corrected chi connectivity index (χ3v) is 2.93. The van der Waals surface area contributed by atoms with Crippen molar-refractivity contribution in [2.75, 3.05) is 19.8 Å². The summed E-state index contributed by atoms with van der Waals surface area (Å²) in [6.45, 7) is 3.24. The van der Waals surface area contributed by atoms with Crippen LogP contribution in [-0.4, -0.2) is 19.8 Å². The molecule has 17 heavy (non-hydrogen) atoms. The van der Waals surface area contributed by atoms with E-state index in [4.69, 9.17) is 10.00 Å². The van der Waals surface area contributed by atoms with E-state index in [2.05, 4.69) is 11.4 Å². The normalized spacial score (nSPS) is 14.5. The highest BCUT2D eigenvalue weighted by molar-refractivity contribution is 5.37. The van der Waals surface area contributed by atoms with Crippen LogP contribution in [0.4, 0.5) is 0 Å². The second-order valence-electron chi connectivity index (χ2n) is 4.46. The minimum absolute atomic E-state index is 0.733. The van der Waals surface area contributed by atoms with Gasteiger partial charge >= 0.3 is 0 Å². The van der Waals surface area contributed by atoms with E-state index in [0.717, 1.165) is 43.3 Å². The maximum atomic E-state index is 8.92. The molecule has 1 saturated carbocycles. The lowest BCUT2D eigenvalue weighted by Crippen LogP contribution is -2.20. The highest BCUT2D eigenvalue weighted by Crippen LogP contribution is 2.28. The quantitative estimate of drug-likeness (QED) is 0.729. The van der Waals surface area contributed by atoms with Crippen molar-refractivity contribution in [3.05, 3.63) is 35.4 Å². The first-order valence-electron chi connectivity index (χ1n) is 6.16. The van der Waals surface area contributed by atoms with Crippen LogP contribution in [0.25, 0.3) is 0 Å². The fourth-order valence-corrected chi connectivity index (χ4v) is 1.69. The number of nitriles is 1. The Bertz CT molecular complexity index is 393. The minimum atomic E-state index is 0.733. The number of hydrogen-bond acceptors (Lipinski definition) is 3. The van der Waals surface area contributed by atoms with Gasteiger partial charge in [0.05, 0.1) is 18.2 Å². The number of ether oxygens (including phenoxy) is 1. The smallest absolute Gasteiger partial charge is 0.0995 e. The standard InChI is InChI=1S/C14H18N2O/c15-9-13-3-1-2-4-14(13)10-16-7-8-17-11-12-5-6-12/h1-4,12,16H,5-8,10-11H2. The van der Waals surface area contributed by atoms with Crippen molar-refractivity contribution in [2.24, 2.45) is 5.92 Å². The van der Waals surface area contributed by atoms with Gasteiger partial charge in [-0.05, 0) is 30.4 Å². The highest BCUT2D eigenvalue weighted by Gasteiger charge is 2.20. The van der Waals surface area contributed by atoms with Crippen molar-refractivity contribution in [1.82, 2.24) is 5.32 Å². The number of hydrogen-bond donors (Lipinski definition) is 1. The SMILES string of the molecule is N#Cc1ccccc1CNCCOCC1CC1. The molecule has 3 nitrogen and oxygen atoms in total. The zero-order valence-electron chi connectivity index (χ0n) is 9.98. The lowest BCUT2D eigenvalue weighted by molar-refractivity contribution is 0.126.